The lowest BCUT2D eigenvalue weighted by Crippen LogP contribution is -3.00. The van der Waals surface area contributed by atoms with Crippen molar-refractivity contribution in [2.45, 2.75) is 27.7 Å². The molecule has 0 rings (SSSR count). The summed E-state index contributed by atoms with van der Waals surface area (Å²) in [5.74, 6) is 0. The Hall–Kier alpha value is 0.730. The van der Waals surface area contributed by atoms with Gasteiger partial charge in [0, 0.05) is 0 Å². The summed E-state index contributed by atoms with van der Waals surface area (Å²) in [4.78, 5) is 0. The van der Waals surface area contributed by atoms with Gasteiger partial charge in [0.2, 0.25) is 0 Å². The predicted molar refractivity (Wildman–Crippen MR) is 25.1 cm³/mol. The van der Waals surface area contributed by atoms with Gasteiger partial charge in [0.25, 0.3) is 0 Å². The van der Waals surface area contributed by atoms with Gasteiger partial charge in [0.05, 0.1) is 0 Å². The molecule has 0 N–H and O–H groups in total. The van der Waals surface area contributed by atoms with E-state index in [9.17, 15) is 0 Å². The second-order valence-corrected chi connectivity index (χ2v) is 3.00. The van der Waals surface area contributed by atoms with Crippen LogP contribution < -0.4 is 24.0 Å². The average Bonchev–Trinajstić information content (AvgIpc) is 0.722. The van der Waals surface area contributed by atoms with Crippen LogP contribution in [0.3, 0.4) is 0 Å². The SMILES string of the molecule is CC(C)(C)C.[I-]. The Labute approximate surface area is 57.3 Å². The molecular formula is C5H12I-. The van der Waals surface area contributed by atoms with Gasteiger partial charge in [-0.2, -0.15) is 0 Å². The van der Waals surface area contributed by atoms with E-state index in [-0.39, 0.29) is 24.0 Å². The summed E-state index contributed by atoms with van der Waals surface area (Å²) in [7, 11) is 0. The van der Waals surface area contributed by atoms with E-state index in [4.69, 9.17) is 0 Å². The molecule has 40 valence electrons. The molecule has 0 radical (unpaired) electrons. The second-order valence-electron chi connectivity index (χ2n) is 3.00. The fourth-order valence-corrected chi connectivity index (χ4v) is 0. The molecule has 0 aromatic rings. The zero-order valence-corrected chi connectivity index (χ0v) is 7.04. The third-order valence-electron chi connectivity index (χ3n) is 0. The zero-order chi connectivity index (χ0) is 4.50. The molecule has 1 heteroatoms. The Morgan fingerprint density at radius 1 is 0.833 bits per heavy atom. The van der Waals surface area contributed by atoms with E-state index in [2.05, 4.69) is 27.7 Å². The highest BCUT2D eigenvalue weighted by Crippen LogP contribution is 2.07. The Balaban J connectivity index is 0. The van der Waals surface area contributed by atoms with Crippen molar-refractivity contribution in [1.29, 1.82) is 0 Å². The van der Waals surface area contributed by atoms with E-state index >= 15 is 0 Å². The second kappa shape index (κ2) is 2.83. The standard InChI is InChI=1S/C5H12.HI/c1-5(2,3)4;/h1-4H3;1H/p-1. The van der Waals surface area contributed by atoms with Gasteiger partial charge in [-0.1, -0.05) is 27.7 Å². The molecule has 0 aromatic heterocycles. The van der Waals surface area contributed by atoms with E-state index in [1.807, 2.05) is 0 Å². The maximum absolute atomic E-state index is 2.19. The van der Waals surface area contributed by atoms with Gasteiger partial charge < -0.3 is 24.0 Å². The lowest BCUT2D eigenvalue weighted by Gasteiger charge is -2.05. The molecule has 0 aliphatic carbocycles. The van der Waals surface area contributed by atoms with E-state index in [1.165, 1.54) is 0 Å². The first-order chi connectivity index (χ1) is 2.00. The maximum Gasteiger partial charge on any atom is -0.0411 e. The molecule has 0 saturated heterocycles. The lowest BCUT2D eigenvalue weighted by molar-refractivity contribution is -0.00000202. The Morgan fingerprint density at radius 3 is 0.833 bits per heavy atom. The molecule has 0 heterocycles. The lowest BCUT2D eigenvalue weighted by atomic mass is 10.0. The number of halogens is 1. The molecular weight excluding hydrogens is 187 g/mol. The molecule has 0 nitrogen and oxygen atoms in total. The Morgan fingerprint density at radius 2 is 0.833 bits per heavy atom. The van der Waals surface area contributed by atoms with Gasteiger partial charge in [0.15, 0.2) is 0 Å². The van der Waals surface area contributed by atoms with Crippen molar-refractivity contribution in [3.8, 4) is 0 Å². The van der Waals surface area contributed by atoms with Crippen LogP contribution in [-0.2, 0) is 0 Å². The molecule has 0 aliphatic rings. The zero-order valence-electron chi connectivity index (χ0n) is 4.88. The Kier molecular flexibility index (Phi) is 4.66. The monoisotopic (exact) mass is 199 g/mol. The predicted octanol–water partition coefficient (Wildman–Crippen LogP) is -0.944. The number of hydrogen-bond donors (Lipinski definition) is 0. The van der Waals surface area contributed by atoms with Gasteiger partial charge in [-0.25, -0.2) is 0 Å². The summed E-state index contributed by atoms with van der Waals surface area (Å²) >= 11 is 0. The summed E-state index contributed by atoms with van der Waals surface area (Å²) < 4.78 is 0. The van der Waals surface area contributed by atoms with E-state index in [0.717, 1.165) is 0 Å². The van der Waals surface area contributed by atoms with Crippen LogP contribution in [0, 0.1) is 5.41 Å². The first-order valence-electron chi connectivity index (χ1n) is 2.00. The topological polar surface area (TPSA) is 0 Å². The van der Waals surface area contributed by atoms with Gasteiger partial charge in [0.1, 0.15) is 0 Å². The van der Waals surface area contributed by atoms with Crippen molar-refractivity contribution in [2.24, 2.45) is 5.41 Å². The fourth-order valence-electron chi connectivity index (χ4n) is 0. The average molecular weight is 199 g/mol. The molecule has 0 unspecified atom stereocenters. The quantitative estimate of drug-likeness (QED) is 0.441. The normalized spacial score (nSPS) is 10.0. The minimum atomic E-state index is 0. The van der Waals surface area contributed by atoms with E-state index < -0.39 is 0 Å². The highest BCUT2D eigenvalue weighted by atomic mass is 127. The minimum absolute atomic E-state index is 0. The van der Waals surface area contributed by atoms with Crippen LogP contribution in [0.2, 0.25) is 0 Å². The van der Waals surface area contributed by atoms with Gasteiger partial charge in [-0.05, 0) is 5.41 Å². The van der Waals surface area contributed by atoms with Crippen LogP contribution in [0.5, 0.6) is 0 Å². The van der Waals surface area contributed by atoms with Crippen LogP contribution in [0.25, 0.3) is 0 Å². The van der Waals surface area contributed by atoms with Crippen molar-refractivity contribution in [2.75, 3.05) is 0 Å². The molecule has 0 atom stereocenters. The van der Waals surface area contributed by atoms with Gasteiger partial charge in [-0.3, -0.25) is 0 Å². The summed E-state index contributed by atoms with van der Waals surface area (Å²) in [6.07, 6.45) is 0. The molecule has 0 amide bonds. The molecule has 6 heavy (non-hydrogen) atoms. The van der Waals surface area contributed by atoms with Crippen LogP contribution in [0.4, 0.5) is 0 Å². The molecule has 0 aliphatic heterocycles. The summed E-state index contributed by atoms with van der Waals surface area (Å²) in [5, 5.41) is 0. The van der Waals surface area contributed by atoms with Crippen molar-refractivity contribution in [3.63, 3.8) is 0 Å². The van der Waals surface area contributed by atoms with E-state index in [1.54, 1.807) is 0 Å². The smallest absolute Gasteiger partial charge is 0.0411 e. The van der Waals surface area contributed by atoms with Crippen LogP contribution >= 0.6 is 0 Å². The largest absolute Gasteiger partial charge is 1.00 e. The molecule has 0 aromatic carbocycles. The molecule has 0 spiro atoms. The highest BCUT2D eigenvalue weighted by molar-refractivity contribution is 4.47. The first-order valence-corrected chi connectivity index (χ1v) is 2.00. The van der Waals surface area contributed by atoms with Crippen molar-refractivity contribution in [3.05, 3.63) is 0 Å². The van der Waals surface area contributed by atoms with E-state index in [0.29, 0.717) is 5.41 Å². The van der Waals surface area contributed by atoms with Gasteiger partial charge in [-0.15, -0.1) is 0 Å². The van der Waals surface area contributed by atoms with Gasteiger partial charge >= 0.3 is 0 Å². The first kappa shape index (κ1) is 9.88. The summed E-state index contributed by atoms with van der Waals surface area (Å²) in [5.41, 5.74) is 0.500. The van der Waals surface area contributed by atoms with Crippen molar-refractivity contribution >= 4 is 0 Å². The van der Waals surface area contributed by atoms with Crippen LogP contribution in [0.1, 0.15) is 27.7 Å². The molecule has 0 saturated carbocycles. The van der Waals surface area contributed by atoms with Crippen LogP contribution in [-0.4, -0.2) is 0 Å². The Bertz CT molecular complexity index is 19.4. The molecule has 0 bridgehead atoms. The third-order valence-corrected chi connectivity index (χ3v) is 0. The highest BCUT2D eigenvalue weighted by Gasteiger charge is 1.95. The summed E-state index contributed by atoms with van der Waals surface area (Å²) in [6, 6.07) is 0. The van der Waals surface area contributed by atoms with Crippen molar-refractivity contribution in [1.82, 2.24) is 0 Å². The maximum atomic E-state index is 2.19. The number of rotatable bonds is 0. The summed E-state index contributed by atoms with van der Waals surface area (Å²) in [6.45, 7) is 8.75. The third kappa shape index (κ3) is 123. The molecule has 0 fully saturated rings. The number of hydrogen-bond acceptors (Lipinski definition) is 0. The van der Waals surface area contributed by atoms with Crippen molar-refractivity contribution < 1.29 is 24.0 Å². The minimum Gasteiger partial charge on any atom is -1.00 e. The van der Waals surface area contributed by atoms with Crippen LogP contribution in [0.15, 0.2) is 0 Å². The fraction of sp³-hybridized carbons (Fsp3) is 1.00.